The van der Waals surface area contributed by atoms with Gasteiger partial charge in [0.25, 0.3) is 5.91 Å². The number of aromatic nitrogens is 1. The largest absolute Gasteiger partial charge is 0.359 e. The number of rotatable bonds is 7. The summed E-state index contributed by atoms with van der Waals surface area (Å²) < 4.78 is 0. The molecule has 0 aliphatic carbocycles. The Morgan fingerprint density at radius 3 is 2.76 bits per heavy atom. The first-order valence-corrected chi connectivity index (χ1v) is 9.83. The van der Waals surface area contributed by atoms with Crippen molar-refractivity contribution in [2.24, 2.45) is 0 Å². The molecule has 1 saturated heterocycles. The van der Waals surface area contributed by atoms with Gasteiger partial charge < -0.3 is 10.6 Å². The number of carbonyl (C=O) groups excluding carboxylic acids is 1. The van der Waals surface area contributed by atoms with E-state index in [1.807, 2.05) is 6.92 Å². The minimum absolute atomic E-state index is 0.0231. The Kier molecular flexibility index (Phi) is 6.42. The number of piperidine rings is 1. The van der Waals surface area contributed by atoms with Crippen molar-refractivity contribution in [3.63, 3.8) is 0 Å². The molecule has 2 N–H and O–H groups in total. The van der Waals surface area contributed by atoms with Crippen LogP contribution in [0.25, 0.3) is 0 Å². The molecule has 0 saturated carbocycles. The third kappa shape index (κ3) is 5.28. The average Bonchev–Trinajstić information content (AvgIpc) is 3.11. The van der Waals surface area contributed by atoms with Crippen LogP contribution in [0.5, 0.6) is 0 Å². The number of hydrogen-bond acceptors (Lipinski definition) is 5. The van der Waals surface area contributed by atoms with E-state index < -0.39 is 0 Å². The Bertz CT molecular complexity index is 665. The fraction of sp³-hybridized carbons (Fsp3) is 0.474. The van der Waals surface area contributed by atoms with Gasteiger partial charge in [-0.15, -0.1) is 0 Å². The van der Waals surface area contributed by atoms with Gasteiger partial charge in [0.15, 0.2) is 5.13 Å². The summed E-state index contributed by atoms with van der Waals surface area (Å²) in [7, 11) is 0. The zero-order valence-corrected chi connectivity index (χ0v) is 15.5. The van der Waals surface area contributed by atoms with Gasteiger partial charge in [0.2, 0.25) is 0 Å². The molecule has 1 aliphatic heterocycles. The number of hydrogen-bond donors (Lipinski definition) is 2. The second-order valence-corrected chi connectivity index (χ2v) is 7.50. The SMILES string of the molecule is CCCNC(=O)c1cnc(NC2CCN(Cc3ccccc3)CC2)s1. The van der Waals surface area contributed by atoms with Crippen LogP contribution in [0.4, 0.5) is 5.13 Å². The van der Waals surface area contributed by atoms with E-state index in [0.29, 0.717) is 17.5 Å². The lowest BCUT2D eigenvalue weighted by molar-refractivity contribution is 0.0957. The molecule has 2 heterocycles. The lowest BCUT2D eigenvalue weighted by Crippen LogP contribution is -2.38. The molecular weight excluding hydrogens is 332 g/mol. The number of likely N-dealkylation sites (tertiary alicyclic amines) is 1. The molecule has 25 heavy (non-hydrogen) atoms. The number of carbonyl (C=O) groups is 1. The van der Waals surface area contributed by atoms with Crippen LogP contribution in [-0.2, 0) is 6.54 Å². The van der Waals surface area contributed by atoms with Crippen molar-refractivity contribution in [2.45, 2.75) is 38.8 Å². The lowest BCUT2D eigenvalue weighted by atomic mass is 10.0. The highest BCUT2D eigenvalue weighted by Gasteiger charge is 2.20. The fourth-order valence-corrected chi connectivity index (χ4v) is 3.83. The summed E-state index contributed by atoms with van der Waals surface area (Å²) in [6, 6.07) is 11.1. The third-order valence-electron chi connectivity index (χ3n) is 4.43. The Morgan fingerprint density at radius 1 is 1.28 bits per heavy atom. The molecular formula is C19H26N4OS. The molecule has 1 aromatic carbocycles. The summed E-state index contributed by atoms with van der Waals surface area (Å²) in [5.41, 5.74) is 1.37. The smallest absolute Gasteiger partial charge is 0.263 e. The first-order chi connectivity index (χ1) is 12.2. The van der Waals surface area contributed by atoms with Crippen LogP contribution in [0.15, 0.2) is 36.5 Å². The van der Waals surface area contributed by atoms with E-state index in [0.717, 1.165) is 44.0 Å². The number of nitrogens with one attached hydrogen (secondary N) is 2. The van der Waals surface area contributed by atoms with E-state index in [1.54, 1.807) is 6.20 Å². The van der Waals surface area contributed by atoms with Crippen molar-refractivity contribution >= 4 is 22.4 Å². The number of anilines is 1. The van der Waals surface area contributed by atoms with E-state index in [-0.39, 0.29) is 5.91 Å². The summed E-state index contributed by atoms with van der Waals surface area (Å²) in [5, 5.41) is 7.24. The summed E-state index contributed by atoms with van der Waals surface area (Å²) >= 11 is 1.44. The van der Waals surface area contributed by atoms with E-state index in [4.69, 9.17) is 0 Å². The van der Waals surface area contributed by atoms with Crippen LogP contribution < -0.4 is 10.6 Å². The predicted octanol–water partition coefficient (Wildman–Crippen LogP) is 3.36. The molecule has 0 spiro atoms. The van der Waals surface area contributed by atoms with E-state index in [1.165, 1.54) is 16.9 Å². The first kappa shape index (κ1) is 17.9. The van der Waals surface area contributed by atoms with Crippen molar-refractivity contribution in [1.29, 1.82) is 0 Å². The van der Waals surface area contributed by atoms with Gasteiger partial charge in [0.05, 0.1) is 6.20 Å². The van der Waals surface area contributed by atoms with E-state index >= 15 is 0 Å². The molecule has 134 valence electrons. The molecule has 0 atom stereocenters. The summed E-state index contributed by atoms with van der Waals surface area (Å²) in [5.74, 6) is -0.0231. The molecule has 5 nitrogen and oxygen atoms in total. The highest BCUT2D eigenvalue weighted by molar-refractivity contribution is 7.17. The Hall–Kier alpha value is -1.92. The van der Waals surface area contributed by atoms with Gasteiger partial charge in [-0.3, -0.25) is 9.69 Å². The molecule has 1 aromatic heterocycles. The van der Waals surface area contributed by atoms with Gasteiger partial charge in [0, 0.05) is 32.2 Å². The van der Waals surface area contributed by atoms with Crippen molar-refractivity contribution < 1.29 is 4.79 Å². The first-order valence-electron chi connectivity index (χ1n) is 9.01. The number of thiazole rings is 1. The zero-order valence-electron chi connectivity index (χ0n) is 14.7. The van der Waals surface area contributed by atoms with Crippen molar-refractivity contribution in [1.82, 2.24) is 15.2 Å². The summed E-state index contributed by atoms with van der Waals surface area (Å²) in [6.45, 7) is 5.94. The van der Waals surface area contributed by atoms with Gasteiger partial charge in [-0.1, -0.05) is 48.6 Å². The molecule has 3 rings (SSSR count). The molecule has 1 fully saturated rings. The van der Waals surface area contributed by atoms with Crippen LogP contribution in [-0.4, -0.2) is 41.5 Å². The maximum absolute atomic E-state index is 12.0. The van der Waals surface area contributed by atoms with Crippen LogP contribution in [0.1, 0.15) is 41.4 Å². The quantitative estimate of drug-likeness (QED) is 0.797. The molecule has 0 radical (unpaired) electrons. The van der Waals surface area contributed by atoms with E-state index in [9.17, 15) is 4.79 Å². The van der Waals surface area contributed by atoms with Gasteiger partial charge >= 0.3 is 0 Å². The molecule has 1 aliphatic rings. The topological polar surface area (TPSA) is 57.3 Å². The van der Waals surface area contributed by atoms with Crippen LogP contribution in [0.2, 0.25) is 0 Å². The minimum atomic E-state index is -0.0231. The maximum atomic E-state index is 12.0. The van der Waals surface area contributed by atoms with Gasteiger partial charge in [-0.25, -0.2) is 4.98 Å². The Morgan fingerprint density at radius 2 is 2.04 bits per heavy atom. The van der Waals surface area contributed by atoms with E-state index in [2.05, 4.69) is 50.8 Å². The predicted molar refractivity (Wildman–Crippen MR) is 103 cm³/mol. The maximum Gasteiger partial charge on any atom is 0.263 e. The fourth-order valence-electron chi connectivity index (χ4n) is 3.02. The van der Waals surface area contributed by atoms with Crippen molar-refractivity contribution in [2.75, 3.05) is 25.0 Å². The van der Waals surface area contributed by atoms with Gasteiger partial charge in [-0.2, -0.15) is 0 Å². The molecule has 2 aromatic rings. The monoisotopic (exact) mass is 358 g/mol. The Labute approximate surface area is 153 Å². The Balaban J connectivity index is 1.44. The molecule has 0 unspecified atom stereocenters. The second-order valence-electron chi connectivity index (χ2n) is 6.47. The summed E-state index contributed by atoms with van der Waals surface area (Å²) in [6.07, 6.45) is 4.81. The zero-order chi connectivity index (χ0) is 17.5. The normalized spacial score (nSPS) is 15.9. The van der Waals surface area contributed by atoms with Gasteiger partial charge in [0.1, 0.15) is 4.88 Å². The summed E-state index contributed by atoms with van der Waals surface area (Å²) in [4.78, 5) is 19.5. The average molecular weight is 359 g/mol. The van der Waals surface area contributed by atoms with Crippen molar-refractivity contribution in [3.8, 4) is 0 Å². The third-order valence-corrected chi connectivity index (χ3v) is 5.36. The highest BCUT2D eigenvalue weighted by atomic mass is 32.1. The number of nitrogens with zero attached hydrogens (tertiary/aromatic N) is 2. The lowest BCUT2D eigenvalue weighted by Gasteiger charge is -2.32. The molecule has 6 heteroatoms. The molecule has 0 bridgehead atoms. The number of amides is 1. The van der Waals surface area contributed by atoms with Crippen LogP contribution in [0, 0.1) is 0 Å². The second kappa shape index (κ2) is 8.97. The van der Waals surface area contributed by atoms with Crippen LogP contribution in [0.3, 0.4) is 0 Å². The highest BCUT2D eigenvalue weighted by Crippen LogP contribution is 2.22. The van der Waals surface area contributed by atoms with Gasteiger partial charge in [-0.05, 0) is 24.8 Å². The van der Waals surface area contributed by atoms with Crippen molar-refractivity contribution in [3.05, 3.63) is 47.0 Å². The minimum Gasteiger partial charge on any atom is -0.359 e. The molecule has 1 amide bonds. The van der Waals surface area contributed by atoms with Crippen LogP contribution >= 0.6 is 11.3 Å². The number of benzene rings is 1. The standard InChI is InChI=1S/C19H26N4OS/c1-2-10-20-18(24)17-13-21-19(25-17)22-16-8-11-23(12-9-16)14-15-6-4-3-5-7-15/h3-7,13,16H,2,8-12,14H2,1H3,(H,20,24)(H,21,22).